The van der Waals surface area contributed by atoms with Gasteiger partial charge in [-0.1, -0.05) is 18.2 Å². The molecule has 0 aromatic heterocycles. The maximum absolute atomic E-state index is 13.7. The number of ether oxygens (including phenoxy) is 6. The molecule has 2 unspecified atom stereocenters. The highest BCUT2D eigenvalue weighted by molar-refractivity contribution is 6.24. The summed E-state index contributed by atoms with van der Waals surface area (Å²) in [5, 5.41) is 0. The molecule has 2 fully saturated rings. The number of likely N-dealkylation sites (tertiary alicyclic amines) is 2. The number of nitrogens with two attached hydrogens (primary N) is 1. The molecule has 0 radical (unpaired) electrons. The van der Waals surface area contributed by atoms with Crippen molar-refractivity contribution in [1.82, 2.24) is 19.6 Å². The van der Waals surface area contributed by atoms with Gasteiger partial charge in [-0.05, 0) is 77.3 Å². The average molecular weight is 956 g/mol. The first-order valence-electron chi connectivity index (χ1n) is 22.4. The number of imide groups is 4. The van der Waals surface area contributed by atoms with Crippen LogP contribution >= 0.6 is 0 Å². The van der Waals surface area contributed by atoms with Crippen molar-refractivity contribution >= 4 is 53.2 Å². The molecule has 6 rings (SSSR count). The van der Waals surface area contributed by atoms with Gasteiger partial charge in [0.2, 0.25) is 11.8 Å². The normalized spacial score (nSPS) is 18.1. The predicted octanol–water partition coefficient (Wildman–Crippen LogP) is 2.32. The molecular weight excluding hydrogens is 894 g/mol. The molecular formula is C47H62FN5O15. The fraction of sp³-hybridized carbons (Fsp3) is 0.553. The number of esters is 1. The third kappa shape index (κ3) is 14.1. The van der Waals surface area contributed by atoms with Gasteiger partial charge in [0.05, 0.1) is 88.1 Å². The van der Waals surface area contributed by atoms with Gasteiger partial charge in [0.1, 0.15) is 23.5 Å². The SMILES string of the molecule is CN.CN1C(=O)CCC(N2C(=O)c3cccc(CCCOCCOCCOCCOCCOCCC(=O)OC(C)(C)C)c3C2=O)C1=O.CN1C(=O)CCC(N2C(=O)c3cccc(F)c3C2=O)C1=O. The molecule has 4 aliphatic heterocycles. The summed E-state index contributed by atoms with van der Waals surface area (Å²) in [5.41, 5.74) is 4.99. The zero-order chi connectivity index (χ0) is 50.1. The van der Waals surface area contributed by atoms with Crippen molar-refractivity contribution in [2.24, 2.45) is 5.73 Å². The van der Waals surface area contributed by atoms with Crippen molar-refractivity contribution in [3.8, 4) is 0 Å². The lowest BCUT2D eigenvalue weighted by Crippen LogP contribution is -2.54. The molecule has 0 bridgehead atoms. The highest BCUT2D eigenvalue weighted by Crippen LogP contribution is 2.32. The topological polar surface area (TPSA) is 248 Å². The summed E-state index contributed by atoms with van der Waals surface area (Å²) in [6.45, 7) is 9.55. The first-order valence-corrected chi connectivity index (χ1v) is 22.4. The number of likely N-dealkylation sites (N-methyl/N-ethyl adjacent to an activating group) is 2. The Morgan fingerprint density at radius 3 is 1.47 bits per heavy atom. The Kier molecular flexibility index (Phi) is 21.0. The number of nitrogens with zero attached hydrogens (tertiary/aromatic N) is 4. The minimum Gasteiger partial charge on any atom is -0.460 e. The number of benzene rings is 2. The molecule has 2 atom stereocenters. The summed E-state index contributed by atoms with van der Waals surface area (Å²) in [7, 11) is 4.17. The number of aryl methyl sites for hydroxylation is 1. The molecule has 8 amide bonds. The van der Waals surface area contributed by atoms with Crippen molar-refractivity contribution in [3.05, 3.63) is 70.0 Å². The monoisotopic (exact) mass is 955 g/mol. The van der Waals surface area contributed by atoms with Gasteiger partial charge in [0, 0.05) is 33.5 Å². The van der Waals surface area contributed by atoms with Gasteiger partial charge in [-0.2, -0.15) is 0 Å². The zero-order valence-electron chi connectivity index (χ0n) is 39.5. The van der Waals surface area contributed by atoms with Gasteiger partial charge in [0.15, 0.2) is 0 Å². The standard InChI is InChI=1S/C32H46N2O11.C14H11FN2O4.CH5N/c1-32(2,3)45-27(36)12-14-41-16-18-43-20-22-44-21-19-42-17-15-40-13-6-8-23-7-5-9-24-28(23)31(39)34(29(24)37)25-10-11-26(35)33(4)30(25)38;1-16-10(18)6-5-9(13(16)20)17-12(19)7-3-2-4-8(15)11(7)14(17)21;1-2/h5,7,9,25H,6,8,10-22H2,1-4H3;2-4,9H,5-6H2,1H3;2H2,1H3. The van der Waals surface area contributed by atoms with Gasteiger partial charge < -0.3 is 34.2 Å². The number of piperidine rings is 2. The molecule has 0 aliphatic carbocycles. The van der Waals surface area contributed by atoms with Crippen molar-refractivity contribution in [2.75, 3.05) is 87.2 Å². The molecule has 4 aliphatic rings. The molecule has 0 spiro atoms. The second-order valence-electron chi connectivity index (χ2n) is 16.7. The Labute approximate surface area is 394 Å². The number of carbonyl (C=O) groups is 9. The van der Waals surface area contributed by atoms with E-state index in [1.807, 2.05) is 26.8 Å². The highest BCUT2D eigenvalue weighted by atomic mass is 19.1. The summed E-state index contributed by atoms with van der Waals surface area (Å²) < 4.78 is 46.4. The third-order valence-corrected chi connectivity index (χ3v) is 10.9. The lowest BCUT2D eigenvalue weighted by atomic mass is 9.99. The van der Waals surface area contributed by atoms with Crippen LogP contribution in [-0.2, 0) is 58.8 Å². The number of halogens is 1. The predicted molar refractivity (Wildman–Crippen MR) is 238 cm³/mol. The third-order valence-electron chi connectivity index (χ3n) is 10.9. The lowest BCUT2D eigenvalue weighted by molar-refractivity contribution is -0.156. The van der Waals surface area contributed by atoms with Crippen LogP contribution < -0.4 is 5.73 Å². The fourth-order valence-corrected chi connectivity index (χ4v) is 7.58. The van der Waals surface area contributed by atoms with E-state index < -0.39 is 58.9 Å². The highest BCUT2D eigenvalue weighted by Gasteiger charge is 2.48. The molecule has 2 saturated heterocycles. The molecule has 372 valence electrons. The van der Waals surface area contributed by atoms with E-state index in [1.54, 1.807) is 12.1 Å². The maximum Gasteiger partial charge on any atom is 0.308 e. The smallest absolute Gasteiger partial charge is 0.308 e. The van der Waals surface area contributed by atoms with E-state index in [-0.39, 0.29) is 66.6 Å². The number of fused-ring (bicyclic) bond motifs is 2. The van der Waals surface area contributed by atoms with Gasteiger partial charge in [-0.3, -0.25) is 62.8 Å². The molecule has 21 heteroatoms. The van der Waals surface area contributed by atoms with Crippen LogP contribution in [0.1, 0.15) is 106 Å². The van der Waals surface area contributed by atoms with Gasteiger partial charge in [-0.15, -0.1) is 0 Å². The summed E-state index contributed by atoms with van der Waals surface area (Å²) >= 11 is 0. The first-order chi connectivity index (χ1) is 32.4. The van der Waals surface area contributed by atoms with E-state index in [4.69, 9.17) is 28.4 Å². The second kappa shape index (κ2) is 26.1. The van der Waals surface area contributed by atoms with Crippen LogP contribution in [0.4, 0.5) is 4.39 Å². The number of rotatable bonds is 21. The van der Waals surface area contributed by atoms with Crippen molar-refractivity contribution < 1.29 is 76.0 Å². The molecule has 0 saturated carbocycles. The fourth-order valence-electron chi connectivity index (χ4n) is 7.58. The van der Waals surface area contributed by atoms with E-state index in [1.165, 1.54) is 33.3 Å². The van der Waals surface area contributed by atoms with Crippen molar-refractivity contribution in [3.63, 3.8) is 0 Å². The van der Waals surface area contributed by atoms with E-state index >= 15 is 0 Å². The van der Waals surface area contributed by atoms with E-state index in [0.717, 1.165) is 31.2 Å². The molecule has 4 heterocycles. The van der Waals surface area contributed by atoms with Crippen LogP contribution in [0, 0.1) is 5.82 Å². The summed E-state index contributed by atoms with van der Waals surface area (Å²) in [4.78, 5) is 114. The summed E-state index contributed by atoms with van der Waals surface area (Å²) in [6, 6.07) is 6.89. The summed E-state index contributed by atoms with van der Waals surface area (Å²) in [5.74, 6) is -5.43. The van der Waals surface area contributed by atoms with Crippen LogP contribution in [-0.4, -0.2) is 178 Å². The van der Waals surface area contributed by atoms with Gasteiger partial charge in [-0.25, -0.2) is 4.39 Å². The molecule has 2 aromatic rings. The maximum atomic E-state index is 13.7. The van der Waals surface area contributed by atoms with Gasteiger partial charge in [0.25, 0.3) is 35.4 Å². The quantitative estimate of drug-likeness (QED) is 0.107. The Morgan fingerprint density at radius 1 is 0.603 bits per heavy atom. The van der Waals surface area contributed by atoms with Crippen LogP contribution in [0.5, 0.6) is 0 Å². The van der Waals surface area contributed by atoms with Crippen LogP contribution in [0.3, 0.4) is 0 Å². The summed E-state index contributed by atoms with van der Waals surface area (Å²) in [6.07, 6.45) is 1.74. The largest absolute Gasteiger partial charge is 0.460 e. The second-order valence-corrected chi connectivity index (χ2v) is 16.7. The van der Waals surface area contributed by atoms with Crippen molar-refractivity contribution in [2.45, 2.75) is 83.4 Å². The lowest BCUT2D eigenvalue weighted by Gasteiger charge is -2.32. The Hall–Kier alpha value is -5.84. The minimum absolute atomic E-state index is 0.0487. The first kappa shape index (κ1) is 54.8. The Morgan fingerprint density at radius 2 is 1.01 bits per heavy atom. The molecule has 20 nitrogen and oxygen atoms in total. The Balaban J connectivity index is 0.000000362. The minimum atomic E-state index is -1.06. The Bertz CT molecular complexity index is 2180. The number of carbonyl (C=O) groups excluding carboxylic acids is 9. The zero-order valence-corrected chi connectivity index (χ0v) is 39.5. The van der Waals surface area contributed by atoms with E-state index in [0.29, 0.717) is 84.5 Å². The molecule has 2 N–H and O–H groups in total. The number of hydrogen-bond acceptors (Lipinski definition) is 16. The van der Waals surface area contributed by atoms with Crippen LogP contribution in [0.25, 0.3) is 0 Å². The van der Waals surface area contributed by atoms with Crippen LogP contribution in [0.15, 0.2) is 36.4 Å². The molecule has 2 aromatic carbocycles. The van der Waals surface area contributed by atoms with Crippen molar-refractivity contribution in [1.29, 1.82) is 0 Å². The number of hydrogen-bond donors (Lipinski definition) is 1. The van der Waals surface area contributed by atoms with E-state index in [2.05, 4.69) is 5.73 Å². The average Bonchev–Trinajstić information content (AvgIpc) is 3.71. The van der Waals surface area contributed by atoms with Gasteiger partial charge >= 0.3 is 5.97 Å². The van der Waals surface area contributed by atoms with Crippen LogP contribution in [0.2, 0.25) is 0 Å². The number of amides is 8. The molecule has 68 heavy (non-hydrogen) atoms. The van der Waals surface area contributed by atoms with E-state index in [9.17, 15) is 47.5 Å².